The maximum Gasteiger partial charge on any atom is 0.270 e. The third kappa shape index (κ3) is 5.28. The molecule has 3 aromatic carbocycles. The van der Waals surface area contributed by atoms with E-state index in [9.17, 15) is 10.1 Å². The number of aromatic amines is 1. The first-order chi connectivity index (χ1) is 15.6. The van der Waals surface area contributed by atoms with Crippen LogP contribution >= 0.6 is 27.7 Å². The Balaban J connectivity index is 1.54. The molecule has 32 heavy (non-hydrogen) atoms. The zero-order chi connectivity index (χ0) is 22.3. The van der Waals surface area contributed by atoms with E-state index >= 15 is 0 Å². The van der Waals surface area contributed by atoms with E-state index in [0.29, 0.717) is 34.5 Å². The third-order valence-electron chi connectivity index (χ3n) is 4.71. The average Bonchev–Trinajstić information content (AvgIpc) is 2.83. The van der Waals surface area contributed by atoms with Crippen molar-refractivity contribution in [3.8, 4) is 23.1 Å². The minimum absolute atomic E-state index is 0.00630. The highest BCUT2D eigenvalue weighted by Crippen LogP contribution is 2.27. The van der Waals surface area contributed by atoms with Crippen LogP contribution in [0.2, 0.25) is 0 Å². The van der Waals surface area contributed by atoms with E-state index < -0.39 is 5.56 Å². The SMILES string of the molecule is N#Cc1c(-c2ccc(OCc3ccccc3)cc2)nc(SCc2ccccc2Br)[nH]c1=O. The molecule has 0 atom stereocenters. The number of H-pyrrole nitrogens is 1. The smallest absolute Gasteiger partial charge is 0.270 e. The lowest BCUT2D eigenvalue weighted by Crippen LogP contribution is -2.14. The summed E-state index contributed by atoms with van der Waals surface area (Å²) in [7, 11) is 0. The molecule has 0 saturated carbocycles. The Hall–Kier alpha value is -3.34. The lowest BCUT2D eigenvalue weighted by atomic mass is 10.1. The van der Waals surface area contributed by atoms with Gasteiger partial charge in [0, 0.05) is 15.8 Å². The fourth-order valence-electron chi connectivity index (χ4n) is 3.05. The van der Waals surface area contributed by atoms with Crippen LogP contribution in [0.3, 0.4) is 0 Å². The molecule has 0 amide bonds. The van der Waals surface area contributed by atoms with Crippen molar-refractivity contribution in [2.75, 3.05) is 0 Å². The summed E-state index contributed by atoms with van der Waals surface area (Å²) in [6, 6.07) is 27.0. The van der Waals surface area contributed by atoms with Crippen LogP contribution in [0.15, 0.2) is 93.3 Å². The molecule has 0 unspecified atom stereocenters. The molecule has 0 radical (unpaired) electrons. The maximum absolute atomic E-state index is 12.5. The average molecular weight is 504 g/mol. The summed E-state index contributed by atoms with van der Waals surface area (Å²) in [5.74, 6) is 1.33. The summed E-state index contributed by atoms with van der Waals surface area (Å²) in [5, 5.41) is 9.98. The van der Waals surface area contributed by atoms with Gasteiger partial charge in [-0.2, -0.15) is 5.26 Å². The number of thioether (sulfide) groups is 1. The van der Waals surface area contributed by atoms with Gasteiger partial charge in [-0.15, -0.1) is 0 Å². The number of halogens is 1. The summed E-state index contributed by atoms with van der Waals surface area (Å²) in [6.07, 6.45) is 0. The van der Waals surface area contributed by atoms with Gasteiger partial charge in [-0.05, 0) is 41.5 Å². The molecule has 0 aliphatic carbocycles. The van der Waals surface area contributed by atoms with Crippen molar-refractivity contribution in [2.24, 2.45) is 0 Å². The van der Waals surface area contributed by atoms with Crippen molar-refractivity contribution >= 4 is 27.7 Å². The molecular formula is C25H18BrN3O2S. The maximum atomic E-state index is 12.5. The molecule has 1 heterocycles. The molecule has 0 saturated heterocycles. The Morgan fingerprint density at radius 1 is 1.00 bits per heavy atom. The number of aromatic nitrogens is 2. The molecule has 5 nitrogen and oxygen atoms in total. The van der Waals surface area contributed by atoms with Crippen LogP contribution in [0.5, 0.6) is 5.75 Å². The van der Waals surface area contributed by atoms with E-state index in [1.807, 2.05) is 84.9 Å². The Morgan fingerprint density at radius 3 is 2.44 bits per heavy atom. The lowest BCUT2D eigenvalue weighted by Gasteiger charge is -2.09. The second kappa shape index (κ2) is 10.3. The van der Waals surface area contributed by atoms with Crippen LogP contribution in [-0.4, -0.2) is 9.97 Å². The fraction of sp³-hybridized carbons (Fsp3) is 0.0800. The van der Waals surface area contributed by atoms with E-state index in [-0.39, 0.29) is 5.56 Å². The highest BCUT2D eigenvalue weighted by Gasteiger charge is 2.14. The van der Waals surface area contributed by atoms with Gasteiger partial charge in [-0.3, -0.25) is 4.79 Å². The predicted molar refractivity (Wildman–Crippen MR) is 129 cm³/mol. The van der Waals surface area contributed by atoms with Crippen molar-refractivity contribution in [2.45, 2.75) is 17.5 Å². The minimum atomic E-state index is -0.448. The quantitative estimate of drug-likeness (QED) is 0.249. The van der Waals surface area contributed by atoms with Crippen molar-refractivity contribution in [1.82, 2.24) is 9.97 Å². The van der Waals surface area contributed by atoms with Crippen LogP contribution < -0.4 is 10.3 Å². The van der Waals surface area contributed by atoms with Crippen molar-refractivity contribution in [3.05, 3.63) is 110 Å². The largest absolute Gasteiger partial charge is 0.489 e. The number of hydrogen-bond donors (Lipinski definition) is 1. The number of benzene rings is 3. The summed E-state index contributed by atoms with van der Waals surface area (Å²) < 4.78 is 6.82. The molecule has 0 spiro atoms. The molecule has 4 aromatic rings. The van der Waals surface area contributed by atoms with Gasteiger partial charge in [0.25, 0.3) is 5.56 Å². The molecule has 1 aromatic heterocycles. The molecule has 0 aliphatic heterocycles. The standard InChI is InChI=1S/C25H18BrN3O2S/c26-22-9-5-4-8-19(22)16-32-25-28-23(21(14-27)24(30)29-25)18-10-12-20(13-11-18)31-15-17-6-2-1-3-7-17/h1-13H,15-16H2,(H,28,29,30). The molecule has 7 heteroatoms. The number of ether oxygens (including phenoxy) is 1. The van der Waals surface area contributed by atoms with Gasteiger partial charge in [-0.25, -0.2) is 4.98 Å². The van der Waals surface area contributed by atoms with Crippen molar-refractivity contribution < 1.29 is 4.74 Å². The Kier molecular flexibility index (Phi) is 7.05. The molecule has 0 bridgehead atoms. The van der Waals surface area contributed by atoms with Crippen LogP contribution in [0.1, 0.15) is 16.7 Å². The zero-order valence-electron chi connectivity index (χ0n) is 16.9. The zero-order valence-corrected chi connectivity index (χ0v) is 19.3. The van der Waals surface area contributed by atoms with Crippen molar-refractivity contribution in [1.29, 1.82) is 5.26 Å². The predicted octanol–water partition coefficient (Wildman–Crippen LogP) is 5.94. The minimum Gasteiger partial charge on any atom is -0.489 e. The first kappa shape index (κ1) is 21.9. The van der Waals surface area contributed by atoms with Gasteiger partial charge in [0.05, 0.1) is 5.69 Å². The number of nitriles is 1. The van der Waals surface area contributed by atoms with Gasteiger partial charge >= 0.3 is 0 Å². The summed E-state index contributed by atoms with van der Waals surface area (Å²) in [4.78, 5) is 19.8. The van der Waals surface area contributed by atoms with Gasteiger partial charge in [0.2, 0.25) is 0 Å². The number of nitrogens with zero attached hydrogens (tertiary/aromatic N) is 2. The molecule has 4 rings (SSSR count). The van der Waals surface area contributed by atoms with Gasteiger partial charge in [-0.1, -0.05) is 76.2 Å². The van der Waals surface area contributed by atoms with Gasteiger partial charge < -0.3 is 9.72 Å². The van der Waals surface area contributed by atoms with E-state index in [2.05, 4.69) is 25.9 Å². The summed E-state index contributed by atoms with van der Waals surface area (Å²) in [6.45, 7) is 0.461. The molecule has 0 aliphatic rings. The number of hydrogen-bond acceptors (Lipinski definition) is 5. The first-order valence-corrected chi connectivity index (χ1v) is 11.6. The second-order valence-corrected chi connectivity index (χ2v) is 8.70. The van der Waals surface area contributed by atoms with Crippen molar-refractivity contribution in [3.63, 3.8) is 0 Å². The van der Waals surface area contributed by atoms with Crippen LogP contribution in [0.4, 0.5) is 0 Å². The highest BCUT2D eigenvalue weighted by atomic mass is 79.9. The normalized spacial score (nSPS) is 10.5. The Bertz CT molecular complexity index is 1320. The summed E-state index contributed by atoms with van der Waals surface area (Å²) in [5.41, 5.74) is 2.75. The summed E-state index contributed by atoms with van der Waals surface area (Å²) >= 11 is 4.94. The Labute approximate surface area is 198 Å². The molecule has 1 N–H and O–H groups in total. The van der Waals surface area contributed by atoms with Gasteiger partial charge in [0.15, 0.2) is 5.16 Å². The van der Waals surface area contributed by atoms with Crippen LogP contribution in [0, 0.1) is 11.3 Å². The number of rotatable bonds is 7. The van der Waals surface area contributed by atoms with Crippen LogP contribution in [-0.2, 0) is 12.4 Å². The fourth-order valence-corrected chi connectivity index (χ4v) is 4.52. The van der Waals surface area contributed by atoms with Gasteiger partial charge in [0.1, 0.15) is 24.0 Å². The topological polar surface area (TPSA) is 78.8 Å². The first-order valence-electron chi connectivity index (χ1n) is 9.82. The Morgan fingerprint density at radius 2 is 1.72 bits per heavy atom. The monoisotopic (exact) mass is 503 g/mol. The molecule has 158 valence electrons. The second-order valence-electron chi connectivity index (χ2n) is 6.89. The number of nitrogens with one attached hydrogen (secondary N) is 1. The van der Waals surface area contributed by atoms with E-state index in [4.69, 9.17) is 4.74 Å². The van der Waals surface area contributed by atoms with E-state index in [1.54, 1.807) is 0 Å². The lowest BCUT2D eigenvalue weighted by molar-refractivity contribution is 0.306. The molecular weight excluding hydrogens is 486 g/mol. The highest BCUT2D eigenvalue weighted by molar-refractivity contribution is 9.10. The van der Waals surface area contributed by atoms with Crippen LogP contribution in [0.25, 0.3) is 11.3 Å². The van der Waals surface area contributed by atoms with E-state index in [1.165, 1.54) is 11.8 Å². The van der Waals surface area contributed by atoms with E-state index in [0.717, 1.165) is 15.6 Å². The molecule has 0 fully saturated rings. The third-order valence-corrected chi connectivity index (χ3v) is 6.40.